The van der Waals surface area contributed by atoms with Crippen LogP contribution < -0.4 is 10.9 Å². The second kappa shape index (κ2) is 10.9. The maximum Gasteiger partial charge on any atom is 0.266 e. The van der Waals surface area contributed by atoms with E-state index in [9.17, 15) is 9.59 Å². The van der Waals surface area contributed by atoms with Gasteiger partial charge in [0.2, 0.25) is 5.91 Å². The fraction of sp³-hybridized carbons (Fsp3) is 0.143. The predicted molar refractivity (Wildman–Crippen MR) is 153 cm³/mol. The molecule has 0 radical (unpaired) electrons. The molecule has 0 bridgehead atoms. The van der Waals surface area contributed by atoms with Crippen molar-refractivity contribution in [3.63, 3.8) is 0 Å². The number of hydrogen-bond acceptors (Lipinski definition) is 6. The highest BCUT2D eigenvalue weighted by molar-refractivity contribution is 7.99. The Kier molecular flexibility index (Phi) is 7.41. The van der Waals surface area contributed by atoms with Crippen LogP contribution in [0.4, 0.5) is 5.13 Å². The number of benzene rings is 3. The molecule has 5 aromatic rings. The summed E-state index contributed by atoms with van der Waals surface area (Å²) in [5.74, 6) is 0.201. The van der Waals surface area contributed by atoms with Crippen LogP contribution in [0, 0.1) is 0 Å². The molecule has 6 nitrogen and oxygen atoms in total. The fourth-order valence-electron chi connectivity index (χ4n) is 3.85. The van der Waals surface area contributed by atoms with Crippen molar-refractivity contribution in [2.45, 2.75) is 24.9 Å². The molecule has 0 aliphatic rings. The molecular formula is C28H23ClN4O2S2. The van der Waals surface area contributed by atoms with Crippen molar-refractivity contribution in [2.75, 3.05) is 11.1 Å². The van der Waals surface area contributed by atoms with Crippen molar-refractivity contribution in [2.24, 2.45) is 0 Å². The molecule has 1 N–H and O–H groups in total. The molecule has 0 atom stereocenters. The summed E-state index contributed by atoms with van der Waals surface area (Å²) in [6.07, 6.45) is 0. The molecule has 2 aromatic heterocycles. The minimum Gasteiger partial charge on any atom is -0.301 e. The van der Waals surface area contributed by atoms with Crippen molar-refractivity contribution in [3.8, 4) is 16.9 Å². The van der Waals surface area contributed by atoms with Gasteiger partial charge in [-0.25, -0.2) is 9.97 Å². The lowest BCUT2D eigenvalue weighted by Crippen LogP contribution is -2.23. The summed E-state index contributed by atoms with van der Waals surface area (Å²) in [5.41, 5.74) is 3.82. The summed E-state index contributed by atoms with van der Waals surface area (Å²) in [5, 5.41) is 6.75. The van der Waals surface area contributed by atoms with E-state index in [1.807, 2.05) is 60.0 Å². The third kappa shape index (κ3) is 5.46. The lowest BCUT2D eigenvalue weighted by Gasteiger charge is -2.14. The Hall–Kier alpha value is -3.46. The van der Waals surface area contributed by atoms with Crippen LogP contribution in [0.5, 0.6) is 0 Å². The molecule has 0 saturated carbocycles. The van der Waals surface area contributed by atoms with E-state index in [-0.39, 0.29) is 17.2 Å². The molecule has 0 aliphatic carbocycles. The minimum absolute atomic E-state index is 0.0653. The SMILES string of the molecule is CC(C)c1ccc(-n2c(SCC(=O)Nc3nc(-c4ccccc4Cl)cs3)nc3ccccc3c2=O)cc1. The van der Waals surface area contributed by atoms with Crippen molar-refractivity contribution < 1.29 is 4.79 Å². The number of thioether (sulfide) groups is 1. The summed E-state index contributed by atoms with van der Waals surface area (Å²) >= 11 is 8.81. The molecule has 0 saturated heterocycles. The van der Waals surface area contributed by atoms with Gasteiger partial charge in [0.25, 0.3) is 5.56 Å². The molecule has 0 fully saturated rings. The van der Waals surface area contributed by atoms with Gasteiger partial charge in [0, 0.05) is 16.0 Å². The fourth-order valence-corrected chi connectivity index (χ4v) is 5.63. The van der Waals surface area contributed by atoms with E-state index in [1.165, 1.54) is 28.7 Å². The Bertz CT molecular complexity index is 1640. The third-order valence-electron chi connectivity index (χ3n) is 5.80. The highest BCUT2D eigenvalue weighted by atomic mass is 35.5. The van der Waals surface area contributed by atoms with Crippen LogP contribution in [0.3, 0.4) is 0 Å². The second-order valence-electron chi connectivity index (χ2n) is 8.65. The largest absolute Gasteiger partial charge is 0.301 e. The Labute approximate surface area is 227 Å². The smallest absolute Gasteiger partial charge is 0.266 e. The van der Waals surface area contributed by atoms with E-state index in [2.05, 4.69) is 24.1 Å². The molecule has 186 valence electrons. The first-order valence-electron chi connectivity index (χ1n) is 11.7. The van der Waals surface area contributed by atoms with Gasteiger partial charge in [-0.05, 0) is 41.8 Å². The quantitative estimate of drug-likeness (QED) is 0.175. The Morgan fingerprint density at radius 1 is 1.03 bits per heavy atom. The van der Waals surface area contributed by atoms with Crippen LogP contribution in [0.15, 0.2) is 88.1 Å². The van der Waals surface area contributed by atoms with E-state index >= 15 is 0 Å². The van der Waals surface area contributed by atoms with Gasteiger partial charge in [0.15, 0.2) is 10.3 Å². The maximum absolute atomic E-state index is 13.5. The van der Waals surface area contributed by atoms with Crippen LogP contribution >= 0.6 is 34.7 Å². The van der Waals surface area contributed by atoms with Crippen molar-refractivity contribution in [1.29, 1.82) is 0 Å². The van der Waals surface area contributed by atoms with Gasteiger partial charge in [0.1, 0.15) is 0 Å². The lowest BCUT2D eigenvalue weighted by atomic mass is 10.0. The van der Waals surface area contributed by atoms with E-state index in [0.717, 1.165) is 5.56 Å². The number of nitrogens with one attached hydrogen (secondary N) is 1. The van der Waals surface area contributed by atoms with Crippen molar-refractivity contribution in [1.82, 2.24) is 14.5 Å². The summed E-state index contributed by atoms with van der Waals surface area (Å²) in [4.78, 5) is 35.5. The second-order valence-corrected chi connectivity index (χ2v) is 10.9. The van der Waals surface area contributed by atoms with E-state index in [1.54, 1.807) is 22.8 Å². The number of thiazole rings is 1. The van der Waals surface area contributed by atoms with E-state index < -0.39 is 0 Å². The zero-order valence-electron chi connectivity index (χ0n) is 20.1. The molecular weight excluding hydrogens is 524 g/mol. The molecule has 0 spiro atoms. The topological polar surface area (TPSA) is 76.9 Å². The van der Waals surface area contributed by atoms with Crippen LogP contribution in [0.1, 0.15) is 25.3 Å². The van der Waals surface area contributed by atoms with Gasteiger partial charge in [-0.3, -0.25) is 14.2 Å². The van der Waals surface area contributed by atoms with E-state index in [0.29, 0.717) is 43.5 Å². The first kappa shape index (κ1) is 25.2. The zero-order valence-corrected chi connectivity index (χ0v) is 22.5. The number of aromatic nitrogens is 3. The summed E-state index contributed by atoms with van der Waals surface area (Å²) in [6, 6.07) is 22.5. The molecule has 3 aromatic carbocycles. The van der Waals surface area contributed by atoms with Gasteiger partial charge in [-0.15, -0.1) is 11.3 Å². The molecule has 5 rings (SSSR count). The normalized spacial score (nSPS) is 11.2. The van der Waals surface area contributed by atoms with Gasteiger partial charge >= 0.3 is 0 Å². The molecule has 1 amide bonds. The zero-order chi connectivity index (χ0) is 25.9. The third-order valence-corrected chi connectivity index (χ3v) is 7.82. The van der Waals surface area contributed by atoms with Crippen molar-refractivity contribution in [3.05, 3.63) is 99.1 Å². The number of carbonyl (C=O) groups is 1. The van der Waals surface area contributed by atoms with E-state index in [4.69, 9.17) is 16.6 Å². The number of hydrogen-bond donors (Lipinski definition) is 1. The number of amides is 1. The number of nitrogens with zero attached hydrogens (tertiary/aromatic N) is 3. The predicted octanol–water partition coefficient (Wildman–Crippen LogP) is 7.02. The number of anilines is 1. The van der Waals surface area contributed by atoms with Crippen LogP contribution in [-0.2, 0) is 4.79 Å². The first-order chi connectivity index (χ1) is 17.9. The van der Waals surface area contributed by atoms with Crippen molar-refractivity contribution >= 4 is 56.6 Å². The summed E-state index contributed by atoms with van der Waals surface area (Å²) in [6.45, 7) is 4.25. The molecule has 0 unspecified atom stereocenters. The summed E-state index contributed by atoms with van der Waals surface area (Å²) < 4.78 is 1.57. The number of carbonyl (C=O) groups excluding carboxylic acids is 1. The molecule has 37 heavy (non-hydrogen) atoms. The average molecular weight is 547 g/mol. The number of halogens is 1. The number of rotatable bonds is 7. The van der Waals surface area contributed by atoms with Crippen LogP contribution in [0.2, 0.25) is 5.02 Å². The molecule has 0 aliphatic heterocycles. The maximum atomic E-state index is 13.5. The monoisotopic (exact) mass is 546 g/mol. The Balaban J connectivity index is 1.39. The summed E-state index contributed by atoms with van der Waals surface area (Å²) in [7, 11) is 0. The number of para-hydroxylation sites is 1. The van der Waals surface area contributed by atoms with Gasteiger partial charge < -0.3 is 5.32 Å². The highest BCUT2D eigenvalue weighted by Crippen LogP contribution is 2.30. The van der Waals surface area contributed by atoms with Gasteiger partial charge in [-0.1, -0.05) is 79.7 Å². The lowest BCUT2D eigenvalue weighted by molar-refractivity contribution is -0.113. The Morgan fingerprint density at radius 2 is 1.76 bits per heavy atom. The van der Waals surface area contributed by atoms with Gasteiger partial charge in [-0.2, -0.15) is 0 Å². The highest BCUT2D eigenvalue weighted by Gasteiger charge is 2.16. The Morgan fingerprint density at radius 3 is 2.51 bits per heavy atom. The number of fused-ring (bicyclic) bond motifs is 1. The molecule has 9 heteroatoms. The van der Waals surface area contributed by atoms with Crippen LogP contribution in [0.25, 0.3) is 27.8 Å². The minimum atomic E-state index is -0.242. The van der Waals surface area contributed by atoms with Crippen LogP contribution in [-0.4, -0.2) is 26.2 Å². The average Bonchev–Trinajstić information content (AvgIpc) is 3.36. The standard InChI is InChI=1S/C28H23ClN4O2S2/c1-17(2)18-11-13-19(14-12-18)33-26(35)21-8-4-6-10-23(21)31-28(33)37-16-25(34)32-27-30-24(15-36-27)20-7-3-5-9-22(20)29/h3-15,17H,16H2,1-2H3,(H,30,32,34). The van der Waals surface area contributed by atoms with Gasteiger partial charge in [0.05, 0.1) is 28.0 Å². The first-order valence-corrected chi connectivity index (χ1v) is 13.9. The molecule has 2 heterocycles.